The molecular weight excluding hydrogens is 352 g/mol. The summed E-state index contributed by atoms with van der Waals surface area (Å²) in [5, 5.41) is -0.382. The zero-order valence-corrected chi connectivity index (χ0v) is 17.5. The number of ether oxygens (including phenoxy) is 1. The van der Waals surface area contributed by atoms with E-state index in [4.69, 9.17) is 4.74 Å². The number of carbonyl (C=O) groups is 1. The van der Waals surface area contributed by atoms with E-state index in [1.807, 2.05) is 66.7 Å². The second-order valence-corrected chi connectivity index (χ2v) is 8.63. The van der Waals surface area contributed by atoms with Gasteiger partial charge < -0.3 is 4.74 Å². The molecule has 0 aliphatic carbocycles. The smallest absolute Gasteiger partial charge is 0.320 e. The zero-order valence-electron chi connectivity index (χ0n) is 16.7. The van der Waals surface area contributed by atoms with Crippen molar-refractivity contribution in [1.29, 1.82) is 0 Å². The van der Waals surface area contributed by atoms with Gasteiger partial charge >= 0.3 is 5.97 Å². The van der Waals surface area contributed by atoms with Crippen molar-refractivity contribution in [3.63, 3.8) is 0 Å². The third-order valence-corrected chi connectivity index (χ3v) is 5.85. The van der Waals surface area contributed by atoms with Gasteiger partial charge in [0.05, 0.1) is 0 Å². The van der Waals surface area contributed by atoms with E-state index < -0.39 is 0 Å². The Morgan fingerprint density at radius 2 is 1.44 bits per heavy atom. The molecule has 0 aromatic heterocycles. The van der Waals surface area contributed by atoms with Gasteiger partial charge in [0.25, 0.3) is 0 Å². The predicted octanol–water partition coefficient (Wildman–Crippen LogP) is 6.34. The molecule has 2 atom stereocenters. The van der Waals surface area contributed by atoms with Crippen LogP contribution in [-0.2, 0) is 9.53 Å². The highest BCUT2D eigenvalue weighted by Crippen LogP contribution is 2.36. The van der Waals surface area contributed by atoms with E-state index in [1.54, 1.807) is 11.8 Å². The summed E-state index contributed by atoms with van der Waals surface area (Å²) in [7, 11) is 0. The van der Waals surface area contributed by atoms with Crippen LogP contribution >= 0.6 is 11.8 Å². The fourth-order valence-corrected chi connectivity index (χ4v) is 4.44. The molecule has 2 aromatic rings. The summed E-state index contributed by atoms with van der Waals surface area (Å²) in [6.45, 7) is 12.4. The van der Waals surface area contributed by atoms with E-state index in [-0.39, 0.29) is 35.1 Å². The molecule has 0 unspecified atom stereocenters. The predicted molar refractivity (Wildman–Crippen MR) is 115 cm³/mol. The third-order valence-electron chi connectivity index (χ3n) is 4.57. The number of esters is 1. The third kappa shape index (κ3) is 6.00. The van der Waals surface area contributed by atoms with E-state index in [9.17, 15) is 4.79 Å². The number of rotatable bonds is 9. The summed E-state index contributed by atoms with van der Waals surface area (Å²) in [5.74, 6) is 0.249. The highest BCUT2D eigenvalue weighted by atomic mass is 32.2. The number of hydrogen-bond acceptors (Lipinski definition) is 3. The number of carbonyl (C=O) groups excluding carboxylic acids is 1. The van der Waals surface area contributed by atoms with Crippen LogP contribution in [0.2, 0.25) is 0 Å². The molecule has 0 aliphatic rings. The van der Waals surface area contributed by atoms with Crippen LogP contribution in [0.5, 0.6) is 0 Å². The molecule has 2 nitrogen and oxygen atoms in total. The molecule has 0 bridgehead atoms. The molecule has 0 N–H and O–H groups in total. The Morgan fingerprint density at radius 3 is 1.93 bits per heavy atom. The number of thioether (sulfide) groups is 1. The largest absolute Gasteiger partial charge is 0.461 e. The number of benzene rings is 2. The first-order chi connectivity index (χ1) is 12.9. The van der Waals surface area contributed by atoms with Crippen LogP contribution in [0.1, 0.15) is 39.2 Å². The molecule has 0 spiro atoms. The Morgan fingerprint density at radius 1 is 0.926 bits per heavy atom. The average molecular weight is 383 g/mol. The highest BCUT2D eigenvalue weighted by molar-refractivity contribution is 8.00. The molecule has 0 amide bonds. The summed E-state index contributed by atoms with van der Waals surface area (Å²) >= 11 is 1.54. The molecule has 0 saturated heterocycles. The first-order valence-electron chi connectivity index (χ1n) is 9.53. The Labute approximate surface area is 168 Å². The van der Waals surface area contributed by atoms with Gasteiger partial charge in [0, 0.05) is 10.8 Å². The van der Waals surface area contributed by atoms with Crippen molar-refractivity contribution in [2.75, 3.05) is 0 Å². The van der Waals surface area contributed by atoms with E-state index in [0.717, 1.165) is 10.5 Å². The molecular formula is C24H30O2S. The van der Waals surface area contributed by atoms with E-state index in [1.165, 1.54) is 0 Å². The molecule has 0 fully saturated rings. The van der Waals surface area contributed by atoms with Crippen LogP contribution in [-0.4, -0.2) is 17.3 Å². The lowest BCUT2D eigenvalue weighted by molar-refractivity contribution is -0.153. The second-order valence-electron chi connectivity index (χ2n) is 7.41. The van der Waals surface area contributed by atoms with Gasteiger partial charge in [0.2, 0.25) is 0 Å². The maximum absolute atomic E-state index is 13.2. The van der Waals surface area contributed by atoms with Crippen molar-refractivity contribution in [1.82, 2.24) is 0 Å². The summed E-state index contributed by atoms with van der Waals surface area (Å²) in [6, 6.07) is 20.1. The van der Waals surface area contributed by atoms with Crippen molar-refractivity contribution in [3.05, 3.63) is 78.9 Å². The minimum atomic E-state index is -0.382. The Kier molecular flexibility index (Phi) is 8.18. The van der Waals surface area contributed by atoms with Crippen LogP contribution in [0.3, 0.4) is 0 Å². The van der Waals surface area contributed by atoms with E-state index in [2.05, 4.69) is 34.3 Å². The molecule has 3 heteroatoms. The van der Waals surface area contributed by atoms with Gasteiger partial charge in [-0.25, -0.2) is 0 Å². The molecule has 0 heterocycles. The van der Waals surface area contributed by atoms with Crippen molar-refractivity contribution < 1.29 is 9.53 Å². The minimum Gasteiger partial charge on any atom is -0.461 e. The molecule has 144 valence electrons. The van der Waals surface area contributed by atoms with Gasteiger partial charge in [-0.15, -0.1) is 18.3 Å². The Hall–Kier alpha value is -2.00. The van der Waals surface area contributed by atoms with Gasteiger partial charge in [0.15, 0.2) is 0 Å². The van der Waals surface area contributed by atoms with Gasteiger partial charge in [0.1, 0.15) is 11.4 Å². The highest BCUT2D eigenvalue weighted by Gasteiger charge is 2.33. The van der Waals surface area contributed by atoms with Crippen molar-refractivity contribution >= 4 is 17.7 Å². The fraction of sp³-hybridized carbons (Fsp3) is 0.375. The molecule has 2 rings (SSSR count). The second kappa shape index (κ2) is 10.4. The monoisotopic (exact) mass is 382 g/mol. The van der Waals surface area contributed by atoms with Crippen LogP contribution in [0.25, 0.3) is 0 Å². The molecule has 0 aliphatic heterocycles. The quantitative estimate of drug-likeness (QED) is 0.287. The molecule has 2 aromatic carbocycles. The molecule has 27 heavy (non-hydrogen) atoms. The van der Waals surface area contributed by atoms with Crippen molar-refractivity contribution in [2.45, 2.75) is 49.9 Å². The van der Waals surface area contributed by atoms with Crippen molar-refractivity contribution in [2.24, 2.45) is 11.8 Å². The zero-order chi connectivity index (χ0) is 19.8. The van der Waals surface area contributed by atoms with Crippen LogP contribution in [0.15, 0.2) is 78.2 Å². The number of hydrogen-bond donors (Lipinski definition) is 0. The van der Waals surface area contributed by atoms with Gasteiger partial charge in [-0.1, -0.05) is 82.3 Å². The Balaban J connectivity index is 2.33. The normalized spacial score (nSPS) is 13.6. The summed E-state index contributed by atoms with van der Waals surface area (Å²) in [5.41, 5.74) is 1.07. The van der Waals surface area contributed by atoms with Gasteiger partial charge in [-0.3, -0.25) is 4.79 Å². The Bertz CT molecular complexity index is 702. The lowest BCUT2D eigenvalue weighted by Gasteiger charge is -2.29. The summed E-state index contributed by atoms with van der Waals surface area (Å²) in [4.78, 5) is 14.3. The topological polar surface area (TPSA) is 26.3 Å². The first-order valence-corrected chi connectivity index (χ1v) is 10.4. The van der Waals surface area contributed by atoms with E-state index in [0.29, 0.717) is 0 Å². The van der Waals surface area contributed by atoms with Gasteiger partial charge in [-0.05, 0) is 29.5 Å². The molecule has 0 radical (unpaired) electrons. The maximum atomic E-state index is 13.2. The molecule has 0 saturated carbocycles. The summed E-state index contributed by atoms with van der Waals surface area (Å²) < 4.78 is 6.00. The first kappa shape index (κ1) is 21.3. The minimum absolute atomic E-state index is 0.0994. The van der Waals surface area contributed by atoms with Crippen LogP contribution in [0, 0.1) is 11.8 Å². The van der Waals surface area contributed by atoms with Crippen LogP contribution in [0.4, 0.5) is 0 Å². The number of allylic oxidation sites excluding steroid dienone is 1. The standard InChI is InChI=1S/C24H30O2S/c1-6-21(19-13-9-7-10-14-19)23(27-20-15-11-8-12-16-20)24(25)26-22(17(2)3)18(4)5/h6-18,21-23H,1H2,2-5H3/t21-,23-/m0/s1. The average Bonchev–Trinajstić information content (AvgIpc) is 2.67. The van der Waals surface area contributed by atoms with Crippen molar-refractivity contribution in [3.8, 4) is 0 Å². The van der Waals surface area contributed by atoms with Gasteiger partial charge in [-0.2, -0.15) is 0 Å². The lowest BCUT2D eigenvalue weighted by atomic mass is 9.94. The summed E-state index contributed by atoms with van der Waals surface area (Å²) in [6.07, 6.45) is 1.76. The SMILES string of the molecule is C=C[C@@H](c1ccccc1)[C@H](Sc1ccccc1)C(=O)OC(C(C)C)C(C)C. The van der Waals surface area contributed by atoms with Crippen LogP contribution < -0.4 is 0 Å². The lowest BCUT2D eigenvalue weighted by Crippen LogP contribution is -2.35. The van der Waals surface area contributed by atoms with E-state index >= 15 is 0 Å². The maximum Gasteiger partial charge on any atom is 0.320 e. The fourth-order valence-electron chi connectivity index (χ4n) is 3.27.